The summed E-state index contributed by atoms with van der Waals surface area (Å²) in [4.78, 5) is 14.5. The zero-order chi connectivity index (χ0) is 19.3. The highest BCUT2D eigenvalue weighted by Gasteiger charge is 2.28. The molecule has 0 bridgehead atoms. The van der Waals surface area contributed by atoms with Crippen molar-refractivity contribution >= 4 is 27.6 Å². The maximum atomic E-state index is 12.7. The summed E-state index contributed by atoms with van der Waals surface area (Å²) in [6.07, 6.45) is 4.66. The fraction of sp³-hybridized carbons (Fsp3) is 0.250. The summed E-state index contributed by atoms with van der Waals surface area (Å²) >= 11 is 0. The third-order valence-electron chi connectivity index (χ3n) is 3.88. The molecule has 2 aromatic rings. The van der Waals surface area contributed by atoms with Crippen molar-refractivity contribution in [2.75, 3.05) is 31.7 Å². The molecule has 11 heteroatoms. The zero-order valence-corrected chi connectivity index (χ0v) is 15.0. The number of morpholine rings is 1. The van der Waals surface area contributed by atoms with Crippen molar-refractivity contribution in [3.8, 4) is 0 Å². The maximum Gasteiger partial charge on any atom is 0.295 e. The number of nitro groups is 1. The lowest BCUT2D eigenvalue weighted by Gasteiger charge is -2.26. The Morgan fingerprint density at radius 1 is 1.22 bits per heavy atom. The first kappa shape index (κ1) is 18.9. The molecule has 1 aliphatic rings. The third-order valence-corrected chi connectivity index (χ3v) is 5.77. The van der Waals surface area contributed by atoms with Crippen LogP contribution in [0.1, 0.15) is 5.56 Å². The number of pyridine rings is 1. The van der Waals surface area contributed by atoms with E-state index in [4.69, 9.17) is 4.74 Å². The van der Waals surface area contributed by atoms with Crippen molar-refractivity contribution in [3.63, 3.8) is 0 Å². The number of ether oxygens (including phenoxy) is 1. The molecule has 0 atom stereocenters. The molecular formula is C16H17N5O5S. The van der Waals surface area contributed by atoms with Gasteiger partial charge in [0.25, 0.3) is 5.69 Å². The summed E-state index contributed by atoms with van der Waals surface area (Å²) in [7, 11) is -3.82. The summed E-state index contributed by atoms with van der Waals surface area (Å²) < 4.78 is 31.7. The standard InChI is InChI=1S/C16H17N5O5S/c22-21(23)16-11-14(27(24,25)20-7-9-26-10-8-20)1-2-15(16)19-18-12-13-3-5-17-6-4-13/h1-6,11-12,19H,7-10H2. The number of aromatic nitrogens is 1. The summed E-state index contributed by atoms with van der Waals surface area (Å²) in [5, 5.41) is 15.3. The van der Waals surface area contributed by atoms with Crippen molar-refractivity contribution in [1.82, 2.24) is 9.29 Å². The van der Waals surface area contributed by atoms with E-state index in [0.717, 1.165) is 11.6 Å². The van der Waals surface area contributed by atoms with Gasteiger partial charge in [-0.1, -0.05) is 0 Å². The minimum absolute atomic E-state index is 0.0891. The predicted octanol–water partition coefficient (Wildman–Crippen LogP) is 1.46. The summed E-state index contributed by atoms with van der Waals surface area (Å²) in [6.45, 7) is 1.02. The van der Waals surface area contributed by atoms with Crippen molar-refractivity contribution in [2.24, 2.45) is 5.10 Å². The Bertz CT molecular complexity index is 943. The van der Waals surface area contributed by atoms with E-state index < -0.39 is 14.9 Å². The number of hydrogen-bond acceptors (Lipinski definition) is 8. The minimum Gasteiger partial charge on any atom is -0.379 e. The molecule has 27 heavy (non-hydrogen) atoms. The van der Waals surface area contributed by atoms with Crippen LogP contribution in [0.3, 0.4) is 0 Å². The Morgan fingerprint density at radius 2 is 1.93 bits per heavy atom. The normalized spacial score (nSPS) is 15.7. The van der Waals surface area contributed by atoms with E-state index in [1.54, 1.807) is 24.5 Å². The first-order valence-electron chi connectivity index (χ1n) is 8.04. The highest BCUT2D eigenvalue weighted by atomic mass is 32.2. The molecule has 1 aromatic carbocycles. The molecule has 1 aliphatic heterocycles. The number of rotatable bonds is 6. The highest BCUT2D eigenvalue weighted by molar-refractivity contribution is 7.89. The second-order valence-corrected chi connectivity index (χ2v) is 7.54. The van der Waals surface area contributed by atoms with E-state index in [-0.39, 0.29) is 29.4 Å². The van der Waals surface area contributed by atoms with Crippen molar-refractivity contribution in [1.29, 1.82) is 0 Å². The number of hydrazone groups is 1. The zero-order valence-electron chi connectivity index (χ0n) is 14.2. The van der Waals surface area contributed by atoms with E-state index in [1.807, 2.05) is 0 Å². The van der Waals surface area contributed by atoms with Gasteiger partial charge >= 0.3 is 0 Å². The van der Waals surface area contributed by atoms with Gasteiger partial charge in [-0.3, -0.25) is 20.5 Å². The van der Waals surface area contributed by atoms with Crippen LogP contribution in [0.2, 0.25) is 0 Å². The third kappa shape index (κ3) is 4.45. The lowest BCUT2D eigenvalue weighted by molar-refractivity contribution is -0.384. The second-order valence-electron chi connectivity index (χ2n) is 5.60. The Morgan fingerprint density at radius 3 is 2.59 bits per heavy atom. The molecule has 1 aromatic heterocycles. The van der Waals surface area contributed by atoms with Crippen LogP contribution in [0.5, 0.6) is 0 Å². The van der Waals surface area contributed by atoms with Crippen LogP contribution in [0.25, 0.3) is 0 Å². The maximum absolute atomic E-state index is 12.7. The SMILES string of the molecule is O=[N+]([O-])c1cc(S(=O)(=O)N2CCOCC2)ccc1NN=Cc1ccncc1. The predicted molar refractivity (Wildman–Crippen MR) is 98.1 cm³/mol. The van der Waals surface area contributed by atoms with Crippen LogP contribution in [0.4, 0.5) is 11.4 Å². The van der Waals surface area contributed by atoms with E-state index in [0.29, 0.717) is 13.2 Å². The lowest BCUT2D eigenvalue weighted by atomic mass is 10.3. The second kappa shape index (κ2) is 8.20. The van der Waals surface area contributed by atoms with Crippen LogP contribution < -0.4 is 5.43 Å². The summed E-state index contributed by atoms with van der Waals surface area (Å²) in [6, 6.07) is 7.13. The van der Waals surface area contributed by atoms with E-state index in [1.165, 1.54) is 22.7 Å². The van der Waals surface area contributed by atoms with Crippen molar-refractivity contribution < 1.29 is 18.1 Å². The van der Waals surface area contributed by atoms with Gasteiger partial charge in [0, 0.05) is 31.5 Å². The molecule has 0 aliphatic carbocycles. The molecular weight excluding hydrogens is 374 g/mol. The number of nitro benzene ring substituents is 1. The first-order valence-corrected chi connectivity index (χ1v) is 9.48. The Labute approximate surface area is 155 Å². The molecule has 1 saturated heterocycles. The summed E-state index contributed by atoms with van der Waals surface area (Å²) in [5.74, 6) is 0. The van der Waals surface area contributed by atoms with Crippen molar-refractivity contribution in [3.05, 3.63) is 58.4 Å². The van der Waals surface area contributed by atoms with E-state index >= 15 is 0 Å². The lowest BCUT2D eigenvalue weighted by Crippen LogP contribution is -2.40. The van der Waals surface area contributed by atoms with Gasteiger partial charge in [-0.05, 0) is 29.8 Å². The van der Waals surface area contributed by atoms with Crippen LogP contribution in [-0.2, 0) is 14.8 Å². The smallest absolute Gasteiger partial charge is 0.295 e. The average Bonchev–Trinajstić information content (AvgIpc) is 2.69. The molecule has 2 heterocycles. The fourth-order valence-corrected chi connectivity index (χ4v) is 3.91. The topological polar surface area (TPSA) is 127 Å². The molecule has 0 spiro atoms. The van der Waals surface area contributed by atoms with Crippen LogP contribution in [0, 0.1) is 10.1 Å². The van der Waals surface area contributed by atoms with Crippen molar-refractivity contribution in [2.45, 2.75) is 4.90 Å². The quantitative estimate of drug-likeness (QED) is 0.448. The van der Waals surface area contributed by atoms with Gasteiger partial charge in [0.05, 0.1) is 29.2 Å². The van der Waals surface area contributed by atoms with Crippen LogP contribution in [0.15, 0.2) is 52.7 Å². The molecule has 0 saturated carbocycles. The monoisotopic (exact) mass is 391 g/mol. The molecule has 0 unspecified atom stereocenters. The average molecular weight is 391 g/mol. The molecule has 10 nitrogen and oxygen atoms in total. The largest absolute Gasteiger partial charge is 0.379 e. The number of nitrogens with one attached hydrogen (secondary N) is 1. The van der Waals surface area contributed by atoms with Gasteiger partial charge in [0.15, 0.2) is 0 Å². The highest BCUT2D eigenvalue weighted by Crippen LogP contribution is 2.29. The number of hydrogen-bond donors (Lipinski definition) is 1. The van der Waals surface area contributed by atoms with Gasteiger partial charge in [-0.2, -0.15) is 9.41 Å². The van der Waals surface area contributed by atoms with E-state index in [2.05, 4.69) is 15.5 Å². The minimum atomic E-state index is -3.82. The van der Waals surface area contributed by atoms with Gasteiger partial charge < -0.3 is 4.74 Å². The Balaban J connectivity index is 1.84. The molecule has 3 rings (SSSR count). The molecule has 142 valence electrons. The number of anilines is 1. The number of sulfonamides is 1. The number of benzene rings is 1. The first-order chi connectivity index (χ1) is 13.0. The Kier molecular flexibility index (Phi) is 5.74. The number of nitrogens with zero attached hydrogens (tertiary/aromatic N) is 4. The summed E-state index contributed by atoms with van der Waals surface area (Å²) in [5.41, 5.74) is 3.05. The van der Waals surface area contributed by atoms with E-state index in [9.17, 15) is 18.5 Å². The molecule has 1 fully saturated rings. The fourth-order valence-electron chi connectivity index (χ4n) is 2.48. The van der Waals surface area contributed by atoms with Gasteiger partial charge in [-0.15, -0.1) is 0 Å². The van der Waals surface area contributed by atoms with Gasteiger partial charge in [0.2, 0.25) is 10.0 Å². The van der Waals surface area contributed by atoms with Crippen LogP contribution >= 0.6 is 0 Å². The molecule has 1 N–H and O–H groups in total. The molecule has 0 amide bonds. The molecule has 0 radical (unpaired) electrons. The Hall–Kier alpha value is -2.89. The van der Waals surface area contributed by atoms with Crippen LogP contribution in [-0.4, -0.2) is 55.1 Å². The van der Waals surface area contributed by atoms with Gasteiger partial charge in [-0.25, -0.2) is 8.42 Å². The van der Waals surface area contributed by atoms with Gasteiger partial charge in [0.1, 0.15) is 5.69 Å².